The fourth-order valence-corrected chi connectivity index (χ4v) is 1.06. The molecule has 0 aromatic rings. The minimum atomic E-state index is -4.17. The predicted octanol–water partition coefficient (Wildman–Crippen LogP) is 1.39. The van der Waals surface area contributed by atoms with Crippen LogP contribution in [0, 0.1) is 0 Å². The SMILES string of the molecule is CCNC(C)CC(=O)NCC(F)(F)C(F)F. The van der Waals surface area contributed by atoms with Gasteiger partial charge < -0.3 is 10.6 Å². The maximum Gasteiger partial charge on any atom is 0.324 e. The molecule has 0 aliphatic carbocycles. The van der Waals surface area contributed by atoms with Crippen LogP contribution in [0.5, 0.6) is 0 Å². The summed E-state index contributed by atoms with van der Waals surface area (Å²) in [6.45, 7) is 2.84. The third kappa shape index (κ3) is 5.89. The zero-order chi connectivity index (χ0) is 12.8. The van der Waals surface area contributed by atoms with Crippen molar-refractivity contribution in [2.24, 2.45) is 0 Å². The highest BCUT2D eigenvalue weighted by Crippen LogP contribution is 2.21. The summed E-state index contributed by atoms with van der Waals surface area (Å²) in [7, 11) is 0. The smallest absolute Gasteiger partial charge is 0.324 e. The van der Waals surface area contributed by atoms with Gasteiger partial charge in [-0.2, -0.15) is 8.78 Å². The first-order valence-electron chi connectivity index (χ1n) is 4.95. The Kier molecular flexibility index (Phi) is 6.32. The third-order valence-corrected chi connectivity index (χ3v) is 1.88. The van der Waals surface area contributed by atoms with Crippen LogP contribution < -0.4 is 10.6 Å². The van der Waals surface area contributed by atoms with Crippen molar-refractivity contribution in [1.82, 2.24) is 10.6 Å². The van der Waals surface area contributed by atoms with Gasteiger partial charge in [0.2, 0.25) is 5.91 Å². The first-order valence-corrected chi connectivity index (χ1v) is 4.95. The monoisotopic (exact) mass is 244 g/mol. The van der Waals surface area contributed by atoms with Crippen LogP contribution in [0.2, 0.25) is 0 Å². The Balaban J connectivity index is 3.90. The highest BCUT2D eigenvalue weighted by Gasteiger charge is 2.40. The quantitative estimate of drug-likeness (QED) is 0.664. The summed E-state index contributed by atoms with van der Waals surface area (Å²) >= 11 is 0. The van der Waals surface area contributed by atoms with Crippen LogP contribution >= 0.6 is 0 Å². The van der Waals surface area contributed by atoms with E-state index < -0.39 is 24.8 Å². The summed E-state index contributed by atoms with van der Waals surface area (Å²) < 4.78 is 48.3. The van der Waals surface area contributed by atoms with Crippen LogP contribution in [-0.4, -0.2) is 37.4 Å². The summed E-state index contributed by atoms with van der Waals surface area (Å²) in [5.74, 6) is -4.84. The fraction of sp³-hybridized carbons (Fsp3) is 0.889. The van der Waals surface area contributed by atoms with Gasteiger partial charge in [0.1, 0.15) is 0 Å². The number of nitrogens with one attached hydrogen (secondary N) is 2. The standard InChI is InChI=1S/C9H16F4N2O/c1-3-14-6(2)4-7(16)15-5-9(12,13)8(10)11/h6,8,14H,3-5H2,1-2H3,(H,15,16). The van der Waals surface area contributed by atoms with Crippen molar-refractivity contribution in [1.29, 1.82) is 0 Å². The van der Waals surface area contributed by atoms with Crippen molar-refractivity contribution in [2.45, 2.75) is 38.7 Å². The second-order valence-corrected chi connectivity index (χ2v) is 3.50. The number of rotatable bonds is 7. The minimum absolute atomic E-state index is 0.0207. The van der Waals surface area contributed by atoms with Gasteiger partial charge in [0, 0.05) is 12.5 Å². The molecule has 1 atom stereocenters. The molecule has 0 aromatic carbocycles. The van der Waals surface area contributed by atoms with Gasteiger partial charge in [-0.3, -0.25) is 4.79 Å². The van der Waals surface area contributed by atoms with Crippen molar-refractivity contribution < 1.29 is 22.4 Å². The predicted molar refractivity (Wildman–Crippen MR) is 51.7 cm³/mol. The molecule has 1 amide bonds. The second kappa shape index (κ2) is 6.67. The van der Waals surface area contributed by atoms with E-state index in [9.17, 15) is 22.4 Å². The zero-order valence-corrected chi connectivity index (χ0v) is 9.20. The van der Waals surface area contributed by atoms with E-state index in [-0.39, 0.29) is 12.5 Å². The number of carbonyl (C=O) groups excluding carboxylic acids is 1. The molecule has 0 saturated heterocycles. The molecule has 0 rings (SSSR count). The molecule has 0 aliphatic heterocycles. The lowest BCUT2D eigenvalue weighted by Crippen LogP contribution is -2.43. The van der Waals surface area contributed by atoms with Crippen LogP contribution in [0.3, 0.4) is 0 Å². The molecule has 2 N–H and O–H groups in total. The molecule has 1 unspecified atom stereocenters. The first-order chi connectivity index (χ1) is 7.29. The van der Waals surface area contributed by atoms with Crippen molar-refractivity contribution in [3.05, 3.63) is 0 Å². The summed E-state index contributed by atoms with van der Waals surface area (Å²) in [5.41, 5.74) is 0. The van der Waals surface area contributed by atoms with E-state index in [1.165, 1.54) is 0 Å². The number of hydrogen-bond acceptors (Lipinski definition) is 2. The maximum atomic E-state index is 12.4. The van der Waals surface area contributed by atoms with Crippen molar-refractivity contribution in [2.75, 3.05) is 13.1 Å². The topological polar surface area (TPSA) is 41.1 Å². The maximum absolute atomic E-state index is 12.4. The van der Waals surface area contributed by atoms with Gasteiger partial charge in [-0.05, 0) is 13.5 Å². The Morgan fingerprint density at radius 3 is 2.38 bits per heavy atom. The largest absolute Gasteiger partial charge is 0.350 e. The fourth-order valence-electron chi connectivity index (χ4n) is 1.06. The second-order valence-electron chi connectivity index (χ2n) is 3.50. The lowest BCUT2D eigenvalue weighted by Gasteiger charge is -2.17. The molecule has 0 fully saturated rings. The van der Waals surface area contributed by atoms with E-state index in [1.807, 2.05) is 6.92 Å². The molecule has 0 aliphatic rings. The Bertz CT molecular complexity index is 224. The van der Waals surface area contributed by atoms with Gasteiger partial charge in [0.25, 0.3) is 0 Å². The molecule has 0 aromatic heterocycles. The van der Waals surface area contributed by atoms with Gasteiger partial charge in [-0.1, -0.05) is 6.92 Å². The van der Waals surface area contributed by atoms with Gasteiger partial charge >= 0.3 is 12.3 Å². The molecular weight excluding hydrogens is 228 g/mol. The lowest BCUT2D eigenvalue weighted by atomic mass is 10.2. The van der Waals surface area contributed by atoms with E-state index in [0.717, 1.165) is 0 Å². The average molecular weight is 244 g/mol. The highest BCUT2D eigenvalue weighted by molar-refractivity contribution is 5.76. The van der Waals surface area contributed by atoms with Gasteiger partial charge in [-0.25, -0.2) is 8.78 Å². The van der Waals surface area contributed by atoms with Crippen LogP contribution in [0.4, 0.5) is 17.6 Å². The Hall–Kier alpha value is -0.850. The molecule has 0 bridgehead atoms. The van der Waals surface area contributed by atoms with Crippen LogP contribution in [0.15, 0.2) is 0 Å². The number of alkyl halides is 4. The number of halogens is 4. The zero-order valence-electron chi connectivity index (χ0n) is 9.20. The van der Waals surface area contributed by atoms with E-state index in [2.05, 4.69) is 5.32 Å². The van der Waals surface area contributed by atoms with E-state index in [1.54, 1.807) is 12.2 Å². The molecule has 16 heavy (non-hydrogen) atoms. The number of amides is 1. The normalized spacial score (nSPS) is 13.9. The molecule has 7 heteroatoms. The summed E-state index contributed by atoms with van der Waals surface area (Å²) in [4.78, 5) is 11.1. The molecule has 0 spiro atoms. The number of hydrogen-bond donors (Lipinski definition) is 2. The Morgan fingerprint density at radius 2 is 1.94 bits per heavy atom. The molecule has 0 radical (unpaired) electrons. The van der Waals surface area contributed by atoms with E-state index >= 15 is 0 Å². The molecule has 0 saturated carbocycles. The van der Waals surface area contributed by atoms with Gasteiger partial charge in [-0.15, -0.1) is 0 Å². The van der Waals surface area contributed by atoms with Crippen molar-refractivity contribution in [3.8, 4) is 0 Å². The van der Waals surface area contributed by atoms with Crippen molar-refractivity contribution in [3.63, 3.8) is 0 Å². The molecule has 96 valence electrons. The van der Waals surface area contributed by atoms with Crippen LogP contribution in [0.1, 0.15) is 20.3 Å². The third-order valence-electron chi connectivity index (χ3n) is 1.88. The Labute approximate surface area is 91.6 Å². The summed E-state index contributed by atoms with van der Waals surface area (Å²) in [6.07, 6.45) is -3.79. The average Bonchev–Trinajstić information content (AvgIpc) is 2.15. The highest BCUT2D eigenvalue weighted by atomic mass is 19.3. The van der Waals surface area contributed by atoms with Gasteiger partial charge in [0.05, 0.1) is 6.54 Å². The van der Waals surface area contributed by atoms with E-state index in [0.29, 0.717) is 6.54 Å². The molecular formula is C9H16F4N2O. The lowest BCUT2D eigenvalue weighted by molar-refractivity contribution is -0.136. The van der Waals surface area contributed by atoms with E-state index in [4.69, 9.17) is 0 Å². The van der Waals surface area contributed by atoms with Crippen molar-refractivity contribution >= 4 is 5.91 Å². The van der Waals surface area contributed by atoms with Gasteiger partial charge in [0.15, 0.2) is 0 Å². The molecule has 3 nitrogen and oxygen atoms in total. The minimum Gasteiger partial charge on any atom is -0.350 e. The molecule has 0 heterocycles. The van der Waals surface area contributed by atoms with Crippen LogP contribution in [-0.2, 0) is 4.79 Å². The number of carbonyl (C=O) groups is 1. The first kappa shape index (κ1) is 15.2. The Morgan fingerprint density at radius 1 is 1.38 bits per heavy atom. The summed E-state index contributed by atoms with van der Waals surface area (Å²) in [6, 6.07) is -0.176. The van der Waals surface area contributed by atoms with Crippen LogP contribution in [0.25, 0.3) is 0 Å². The summed E-state index contributed by atoms with van der Waals surface area (Å²) in [5, 5.41) is 4.68.